The second kappa shape index (κ2) is 5.11. The largest absolute Gasteiger partial charge is 0.399 e. The van der Waals surface area contributed by atoms with Crippen molar-refractivity contribution in [1.29, 1.82) is 0 Å². The molecule has 0 aromatic heterocycles. The van der Waals surface area contributed by atoms with E-state index >= 15 is 0 Å². The monoisotopic (exact) mass is 350 g/mol. The second-order valence-corrected chi connectivity index (χ2v) is 5.99. The van der Waals surface area contributed by atoms with Crippen LogP contribution in [0.2, 0.25) is 5.02 Å². The molecule has 1 amide bonds. The number of nitrogen functional groups attached to an aromatic ring is 1. The fraction of sp³-hybridized carbons (Fsp3) is 0.133. The molecular weight excluding hydrogens is 340 g/mol. The van der Waals surface area contributed by atoms with Crippen LogP contribution in [0.3, 0.4) is 0 Å². The Labute approximate surface area is 130 Å². The van der Waals surface area contributed by atoms with Gasteiger partial charge in [0, 0.05) is 28.0 Å². The fourth-order valence-corrected chi connectivity index (χ4v) is 2.82. The fourth-order valence-electron chi connectivity index (χ4n) is 2.39. The molecule has 1 aliphatic rings. The number of halogens is 2. The van der Waals surface area contributed by atoms with Gasteiger partial charge in [0.1, 0.15) is 0 Å². The van der Waals surface area contributed by atoms with Crippen molar-refractivity contribution in [1.82, 2.24) is 0 Å². The van der Waals surface area contributed by atoms with Gasteiger partial charge in [-0.15, -0.1) is 0 Å². The average Bonchev–Trinajstić information content (AvgIpc) is 2.84. The van der Waals surface area contributed by atoms with Gasteiger partial charge >= 0.3 is 0 Å². The van der Waals surface area contributed by atoms with Crippen LogP contribution in [0.5, 0.6) is 0 Å². The molecule has 0 unspecified atom stereocenters. The number of nitrogens with two attached hydrogens (primary N) is 1. The molecule has 0 spiro atoms. The number of nitrogens with zero attached hydrogens (tertiary/aromatic N) is 1. The SMILES string of the molecule is Nc1ccc2c(c1)N(C(=O)c1ccc(Br)c(Cl)c1)CC2. The number of hydrogen-bond donors (Lipinski definition) is 1. The number of anilines is 2. The Hall–Kier alpha value is -1.52. The van der Waals surface area contributed by atoms with Gasteiger partial charge in [0.2, 0.25) is 0 Å². The summed E-state index contributed by atoms with van der Waals surface area (Å²) in [6.07, 6.45) is 0.853. The molecule has 5 heteroatoms. The minimum absolute atomic E-state index is 0.0521. The lowest BCUT2D eigenvalue weighted by Gasteiger charge is -2.18. The lowest BCUT2D eigenvalue weighted by atomic mass is 10.1. The van der Waals surface area contributed by atoms with Crippen LogP contribution in [-0.4, -0.2) is 12.5 Å². The first-order valence-electron chi connectivity index (χ1n) is 6.21. The predicted octanol–water partition coefficient (Wildman–Crippen LogP) is 3.89. The Bertz CT molecular complexity index is 702. The predicted molar refractivity (Wildman–Crippen MR) is 85.4 cm³/mol. The average molecular weight is 352 g/mol. The lowest BCUT2D eigenvalue weighted by molar-refractivity contribution is 0.0989. The van der Waals surface area contributed by atoms with Crippen molar-refractivity contribution in [3.8, 4) is 0 Å². The first kappa shape index (κ1) is 13.5. The van der Waals surface area contributed by atoms with Gasteiger partial charge in [-0.1, -0.05) is 17.7 Å². The van der Waals surface area contributed by atoms with Gasteiger partial charge in [-0.3, -0.25) is 4.79 Å². The highest BCUT2D eigenvalue weighted by Gasteiger charge is 2.25. The molecule has 3 rings (SSSR count). The second-order valence-electron chi connectivity index (χ2n) is 4.72. The minimum Gasteiger partial charge on any atom is -0.399 e. The number of carbonyl (C=O) groups excluding carboxylic acids is 1. The smallest absolute Gasteiger partial charge is 0.258 e. The van der Waals surface area contributed by atoms with Crippen LogP contribution in [0.4, 0.5) is 11.4 Å². The van der Waals surface area contributed by atoms with E-state index in [1.54, 1.807) is 23.1 Å². The number of amides is 1. The number of carbonyl (C=O) groups is 1. The first-order valence-corrected chi connectivity index (χ1v) is 7.38. The molecule has 3 nitrogen and oxygen atoms in total. The summed E-state index contributed by atoms with van der Waals surface area (Å²) < 4.78 is 0.779. The molecule has 0 saturated heterocycles. The highest BCUT2D eigenvalue weighted by atomic mass is 79.9. The molecule has 1 aliphatic heterocycles. The van der Waals surface area contributed by atoms with Crippen molar-refractivity contribution < 1.29 is 4.79 Å². The van der Waals surface area contributed by atoms with Gasteiger partial charge in [0.25, 0.3) is 5.91 Å². The maximum atomic E-state index is 12.6. The first-order chi connectivity index (χ1) is 9.56. The van der Waals surface area contributed by atoms with Crippen LogP contribution in [0, 0.1) is 0 Å². The van der Waals surface area contributed by atoms with Crippen molar-refractivity contribution in [3.05, 3.63) is 57.0 Å². The summed E-state index contributed by atoms with van der Waals surface area (Å²) in [7, 11) is 0. The molecule has 2 N–H and O–H groups in total. The van der Waals surface area contributed by atoms with Crippen LogP contribution < -0.4 is 10.6 Å². The number of hydrogen-bond acceptors (Lipinski definition) is 2. The van der Waals surface area contributed by atoms with Crippen LogP contribution in [0.15, 0.2) is 40.9 Å². The Kier molecular flexibility index (Phi) is 3.44. The summed E-state index contributed by atoms with van der Waals surface area (Å²) in [6.45, 7) is 0.672. The van der Waals surface area contributed by atoms with E-state index in [0.29, 0.717) is 22.8 Å². The van der Waals surface area contributed by atoms with Crippen molar-refractivity contribution in [2.45, 2.75) is 6.42 Å². The Morgan fingerprint density at radius 1 is 1.25 bits per heavy atom. The molecule has 2 aromatic carbocycles. The highest BCUT2D eigenvalue weighted by molar-refractivity contribution is 9.10. The summed E-state index contributed by atoms with van der Waals surface area (Å²) in [6, 6.07) is 10.9. The third kappa shape index (κ3) is 2.30. The quantitative estimate of drug-likeness (QED) is 0.792. The van der Waals surface area contributed by atoms with E-state index in [1.807, 2.05) is 18.2 Å². The lowest BCUT2D eigenvalue weighted by Crippen LogP contribution is -2.28. The van der Waals surface area contributed by atoms with E-state index in [-0.39, 0.29) is 5.91 Å². The third-order valence-electron chi connectivity index (χ3n) is 3.42. The summed E-state index contributed by atoms with van der Waals surface area (Å²) in [5, 5.41) is 0.530. The Morgan fingerprint density at radius 3 is 2.80 bits per heavy atom. The molecule has 1 heterocycles. The zero-order valence-electron chi connectivity index (χ0n) is 10.6. The summed E-state index contributed by atoms with van der Waals surface area (Å²) in [5.41, 5.74) is 9.10. The zero-order valence-corrected chi connectivity index (χ0v) is 12.9. The van der Waals surface area contributed by atoms with Crippen LogP contribution in [0.1, 0.15) is 15.9 Å². The molecule has 2 aromatic rings. The topological polar surface area (TPSA) is 46.3 Å². The Morgan fingerprint density at radius 2 is 2.05 bits per heavy atom. The van der Waals surface area contributed by atoms with E-state index in [2.05, 4.69) is 15.9 Å². The zero-order chi connectivity index (χ0) is 14.3. The summed E-state index contributed by atoms with van der Waals surface area (Å²) in [4.78, 5) is 14.4. The molecule has 0 bridgehead atoms. The van der Waals surface area contributed by atoms with Crippen molar-refractivity contribution in [2.75, 3.05) is 17.2 Å². The molecule has 20 heavy (non-hydrogen) atoms. The molecule has 0 atom stereocenters. The van der Waals surface area contributed by atoms with Gasteiger partial charge in [-0.05, 0) is 58.2 Å². The minimum atomic E-state index is -0.0521. The third-order valence-corrected chi connectivity index (χ3v) is 4.65. The van der Waals surface area contributed by atoms with Crippen molar-refractivity contribution in [2.24, 2.45) is 0 Å². The van der Waals surface area contributed by atoms with Gasteiger partial charge in [-0.2, -0.15) is 0 Å². The van der Waals surface area contributed by atoms with Gasteiger partial charge in [0.15, 0.2) is 0 Å². The van der Waals surface area contributed by atoms with E-state index in [4.69, 9.17) is 17.3 Å². The van der Waals surface area contributed by atoms with Crippen LogP contribution in [-0.2, 0) is 6.42 Å². The van der Waals surface area contributed by atoms with Crippen molar-refractivity contribution >= 4 is 44.8 Å². The molecular formula is C15H12BrClN2O. The molecule has 0 fully saturated rings. The number of fused-ring (bicyclic) bond motifs is 1. The van der Waals surface area contributed by atoms with Gasteiger partial charge in [0.05, 0.1) is 5.02 Å². The van der Waals surface area contributed by atoms with Crippen molar-refractivity contribution in [3.63, 3.8) is 0 Å². The Balaban J connectivity index is 1.97. The van der Waals surface area contributed by atoms with Gasteiger partial charge in [-0.25, -0.2) is 0 Å². The molecule has 0 aliphatic carbocycles. The summed E-state index contributed by atoms with van der Waals surface area (Å²) >= 11 is 9.38. The standard InChI is InChI=1S/C15H12BrClN2O/c16-12-4-2-10(7-13(12)17)15(20)19-6-5-9-1-3-11(18)8-14(9)19/h1-4,7-8H,5-6,18H2. The normalized spacial score (nSPS) is 13.4. The number of rotatable bonds is 1. The summed E-state index contributed by atoms with van der Waals surface area (Å²) in [5.74, 6) is -0.0521. The highest BCUT2D eigenvalue weighted by Crippen LogP contribution is 2.32. The molecule has 0 radical (unpaired) electrons. The number of benzene rings is 2. The van der Waals surface area contributed by atoms with E-state index in [0.717, 1.165) is 22.1 Å². The van der Waals surface area contributed by atoms with Crippen LogP contribution in [0.25, 0.3) is 0 Å². The van der Waals surface area contributed by atoms with Gasteiger partial charge < -0.3 is 10.6 Å². The van der Waals surface area contributed by atoms with E-state index < -0.39 is 0 Å². The maximum Gasteiger partial charge on any atom is 0.258 e. The van der Waals surface area contributed by atoms with Crippen LogP contribution >= 0.6 is 27.5 Å². The van der Waals surface area contributed by atoms with E-state index in [9.17, 15) is 4.79 Å². The maximum absolute atomic E-state index is 12.6. The van der Waals surface area contributed by atoms with E-state index in [1.165, 1.54) is 0 Å². The molecule has 102 valence electrons. The molecule has 0 saturated carbocycles.